The van der Waals surface area contributed by atoms with Crippen molar-refractivity contribution in [1.82, 2.24) is 5.32 Å². The van der Waals surface area contributed by atoms with Crippen LogP contribution in [0, 0.1) is 5.82 Å². The van der Waals surface area contributed by atoms with E-state index in [0.29, 0.717) is 11.1 Å². The van der Waals surface area contributed by atoms with Gasteiger partial charge >= 0.3 is 0 Å². The standard InChI is InChI=1S/C16H15ClFN/c1-19-16-8-7-12-11(3-2-4-14(12)16)13-6-5-10(18)9-15(13)17/h2-6,9,16,19H,7-8H2,1H3. The molecule has 0 aromatic heterocycles. The third-order valence-corrected chi connectivity index (χ3v) is 4.15. The van der Waals surface area contributed by atoms with Crippen molar-refractivity contribution in [3.05, 3.63) is 58.4 Å². The Kier molecular flexibility index (Phi) is 3.29. The minimum Gasteiger partial charge on any atom is -0.313 e. The Morgan fingerprint density at radius 1 is 1.21 bits per heavy atom. The van der Waals surface area contributed by atoms with E-state index in [1.807, 2.05) is 13.1 Å². The number of benzene rings is 2. The molecule has 0 bridgehead atoms. The summed E-state index contributed by atoms with van der Waals surface area (Å²) in [6, 6.07) is 11.3. The first-order chi connectivity index (χ1) is 9.20. The number of nitrogens with one attached hydrogen (secondary N) is 1. The summed E-state index contributed by atoms with van der Waals surface area (Å²) in [6.45, 7) is 0. The van der Waals surface area contributed by atoms with Gasteiger partial charge in [0.15, 0.2) is 0 Å². The Balaban J connectivity index is 2.14. The summed E-state index contributed by atoms with van der Waals surface area (Å²) in [4.78, 5) is 0. The summed E-state index contributed by atoms with van der Waals surface area (Å²) in [5, 5.41) is 3.80. The minimum atomic E-state index is -0.297. The fraction of sp³-hybridized carbons (Fsp3) is 0.250. The zero-order valence-electron chi connectivity index (χ0n) is 10.7. The highest BCUT2D eigenvalue weighted by atomic mass is 35.5. The second-order valence-electron chi connectivity index (χ2n) is 4.88. The third kappa shape index (κ3) is 2.15. The topological polar surface area (TPSA) is 12.0 Å². The van der Waals surface area contributed by atoms with E-state index in [-0.39, 0.29) is 5.82 Å². The maximum absolute atomic E-state index is 13.2. The van der Waals surface area contributed by atoms with E-state index in [1.54, 1.807) is 6.07 Å². The second kappa shape index (κ2) is 4.95. The summed E-state index contributed by atoms with van der Waals surface area (Å²) in [6.07, 6.45) is 2.13. The lowest BCUT2D eigenvalue weighted by atomic mass is 9.96. The smallest absolute Gasteiger partial charge is 0.124 e. The van der Waals surface area contributed by atoms with Crippen LogP contribution in [0.2, 0.25) is 5.02 Å². The van der Waals surface area contributed by atoms with Crippen LogP contribution in [-0.4, -0.2) is 7.05 Å². The van der Waals surface area contributed by atoms with Crippen molar-refractivity contribution in [2.24, 2.45) is 0 Å². The molecule has 2 aromatic rings. The molecule has 98 valence electrons. The van der Waals surface area contributed by atoms with Crippen LogP contribution in [0.3, 0.4) is 0 Å². The molecule has 1 atom stereocenters. The summed E-state index contributed by atoms with van der Waals surface area (Å²) >= 11 is 6.18. The van der Waals surface area contributed by atoms with Crippen LogP contribution in [-0.2, 0) is 6.42 Å². The Bertz CT molecular complexity index is 624. The van der Waals surface area contributed by atoms with Crippen molar-refractivity contribution < 1.29 is 4.39 Å². The summed E-state index contributed by atoms with van der Waals surface area (Å²) in [5.41, 5.74) is 4.70. The lowest BCUT2D eigenvalue weighted by molar-refractivity contribution is 0.590. The van der Waals surface area contributed by atoms with Gasteiger partial charge in [-0.05, 0) is 54.8 Å². The largest absolute Gasteiger partial charge is 0.313 e. The first-order valence-electron chi connectivity index (χ1n) is 6.45. The van der Waals surface area contributed by atoms with Crippen molar-refractivity contribution in [3.63, 3.8) is 0 Å². The summed E-state index contributed by atoms with van der Waals surface area (Å²) < 4.78 is 13.2. The van der Waals surface area contributed by atoms with Crippen LogP contribution >= 0.6 is 11.6 Å². The number of hydrogen-bond donors (Lipinski definition) is 1. The van der Waals surface area contributed by atoms with Crippen LogP contribution in [0.1, 0.15) is 23.6 Å². The Labute approximate surface area is 117 Å². The molecule has 1 aliphatic rings. The van der Waals surface area contributed by atoms with E-state index >= 15 is 0 Å². The van der Waals surface area contributed by atoms with Crippen LogP contribution < -0.4 is 5.32 Å². The van der Waals surface area contributed by atoms with Gasteiger partial charge in [-0.3, -0.25) is 0 Å². The molecule has 0 heterocycles. The number of rotatable bonds is 2. The molecule has 1 aliphatic carbocycles. The summed E-state index contributed by atoms with van der Waals surface area (Å²) in [7, 11) is 1.98. The van der Waals surface area contributed by atoms with Gasteiger partial charge in [0.2, 0.25) is 0 Å². The number of fused-ring (bicyclic) bond motifs is 1. The first-order valence-corrected chi connectivity index (χ1v) is 6.83. The molecule has 3 rings (SSSR count). The average molecular weight is 276 g/mol. The second-order valence-corrected chi connectivity index (χ2v) is 5.28. The highest BCUT2D eigenvalue weighted by molar-refractivity contribution is 6.33. The van der Waals surface area contributed by atoms with Gasteiger partial charge in [-0.2, -0.15) is 0 Å². The van der Waals surface area contributed by atoms with Crippen molar-refractivity contribution in [2.45, 2.75) is 18.9 Å². The van der Waals surface area contributed by atoms with Crippen LogP contribution in [0.5, 0.6) is 0 Å². The molecule has 0 aliphatic heterocycles. The molecule has 3 heteroatoms. The molecule has 1 unspecified atom stereocenters. The molecule has 0 amide bonds. The van der Waals surface area contributed by atoms with E-state index < -0.39 is 0 Å². The first kappa shape index (κ1) is 12.6. The van der Waals surface area contributed by atoms with Gasteiger partial charge in [0.05, 0.1) is 5.02 Å². The van der Waals surface area contributed by atoms with Crippen molar-refractivity contribution >= 4 is 11.6 Å². The lowest BCUT2D eigenvalue weighted by Gasteiger charge is -2.13. The highest BCUT2D eigenvalue weighted by Gasteiger charge is 2.24. The van der Waals surface area contributed by atoms with E-state index in [9.17, 15) is 4.39 Å². The molecule has 19 heavy (non-hydrogen) atoms. The normalized spacial score (nSPS) is 17.5. The predicted molar refractivity (Wildman–Crippen MR) is 77.0 cm³/mol. The molecule has 2 aromatic carbocycles. The molecule has 0 fully saturated rings. The molecule has 0 saturated heterocycles. The van der Waals surface area contributed by atoms with Gasteiger partial charge in [0.25, 0.3) is 0 Å². The fourth-order valence-electron chi connectivity index (χ4n) is 2.91. The lowest BCUT2D eigenvalue weighted by Crippen LogP contribution is -2.12. The zero-order valence-corrected chi connectivity index (χ0v) is 11.5. The monoisotopic (exact) mass is 275 g/mol. The van der Waals surface area contributed by atoms with Crippen LogP contribution in [0.25, 0.3) is 11.1 Å². The van der Waals surface area contributed by atoms with Crippen molar-refractivity contribution in [3.8, 4) is 11.1 Å². The molecule has 0 radical (unpaired) electrons. The third-order valence-electron chi connectivity index (χ3n) is 3.84. The fourth-order valence-corrected chi connectivity index (χ4v) is 3.18. The van der Waals surface area contributed by atoms with E-state index in [0.717, 1.165) is 24.0 Å². The van der Waals surface area contributed by atoms with Crippen molar-refractivity contribution in [1.29, 1.82) is 0 Å². The Morgan fingerprint density at radius 3 is 2.79 bits per heavy atom. The molecule has 0 saturated carbocycles. The van der Waals surface area contributed by atoms with Gasteiger partial charge in [0.1, 0.15) is 5.82 Å². The molecule has 1 N–H and O–H groups in total. The molecular weight excluding hydrogens is 261 g/mol. The van der Waals surface area contributed by atoms with E-state index in [2.05, 4.69) is 17.4 Å². The van der Waals surface area contributed by atoms with Crippen molar-refractivity contribution in [2.75, 3.05) is 7.05 Å². The van der Waals surface area contributed by atoms with Gasteiger partial charge in [-0.1, -0.05) is 29.8 Å². The SMILES string of the molecule is CNC1CCc2c(-c3ccc(F)cc3Cl)cccc21. The number of hydrogen-bond acceptors (Lipinski definition) is 1. The van der Waals surface area contributed by atoms with Gasteiger partial charge < -0.3 is 5.32 Å². The van der Waals surface area contributed by atoms with E-state index in [4.69, 9.17) is 11.6 Å². The summed E-state index contributed by atoms with van der Waals surface area (Å²) in [5.74, 6) is -0.297. The maximum atomic E-state index is 13.2. The number of halogens is 2. The molecule has 0 spiro atoms. The molecule has 1 nitrogen and oxygen atoms in total. The molecular formula is C16H15ClFN. The van der Waals surface area contributed by atoms with E-state index in [1.165, 1.54) is 23.3 Å². The Morgan fingerprint density at radius 2 is 2.05 bits per heavy atom. The van der Waals surface area contributed by atoms with Crippen LogP contribution in [0.15, 0.2) is 36.4 Å². The maximum Gasteiger partial charge on any atom is 0.124 e. The zero-order chi connectivity index (χ0) is 13.4. The van der Waals surface area contributed by atoms with Crippen LogP contribution in [0.4, 0.5) is 4.39 Å². The average Bonchev–Trinajstić information content (AvgIpc) is 2.82. The Hall–Kier alpha value is -1.38. The van der Waals surface area contributed by atoms with Gasteiger partial charge in [-0.15, -0.1) is 0 Å². The quantitative estimate of drug-likeness (QED) is 0.859. The minimum absolute atomic E-state index is 0.297. The van der Waals surface area contributed by atoms with Gasteiger partial charge in [0, 0.05) is 11.6 Å². The predicted octanol–water partition coefficient (Wildman–Crippen LogP) is 4.35. The highest BCUT2D eigenvalue weighted by Crippen LogP contribution is 2.39. The van der Waals surface area contributed by atoms with Gasteiger partial charge in [-0.25, -0.2) is 4.39 Å².